The van der Waals surface area contributed by atoms with Crippen LogP contribution in [0.15, 0.2) is 45.3 Å². The lowest BCUT2D eigenvalue weighted by atomic mass is 9.83. The van der Waals surface area contributed by atoms with Crippen molar-refractivity contribution < 1.29 is 9.59 Å². The van der Waals surface area contributed by atoms with Crippen LogP contribution in [-0.2, 0) is 9.59 Å². The molecule has 2 aliphatic heterocycles. The van der Waals surface area contributed by atoms with Gasteiger partial charge < -0.3 is 9.80 Å². The zero-order valence-electron chi connectivity index (χ0n) is 15.9. The summed E-state index contributed by atoms with van der Waals surface area (Å²) in [5, 5.41) is 0. The number of fused-ring (bicyclic) bond motifs is 2. The molecule has 4 nitrogen and oxygen atoms in total. The number of anilines is 2. The van der Waals surface area contributed by atoms with Gasteiger partial charge in [0.2, 0.25) is 11.8 Å². The van der Waals surface area contributed by atoms with E-state index >= 15 is 0 Å². The number of hydrogen-bond acceptors (Lipinski definition) is 2. The van der Waals surface area contributed by atoms with E-state index in [1.165, 1.54) is 0 Å². The smallest absolute Gasteiger partial charge is 0.235 e. The van der Waals surface area contributed by atoms with Gasteiger partial charge in [-0.2, -0.15) is 0 Å². The van der Waals surface area contributed by atoms with E-state index in [-0.39, 0.29) is 11.8 Å². The molecule has 2 aromatic rings. The first-order valence-electron chi connectivity index (χ1n) is 9.69. The summed E-state index contributed by atoms with van der Waals surface area (Å²) in [5.41, 5.74) is 3.75. The molecule has 2 heterocycles. The Morgan fingerprint density at radius 2 is 1.14 bits per heavy atom. The maximum atomic E-state index is 13.5. The van der Waals surface area contributed by atoms with Crippen LogP contribution in [0.4, 0.5) is 11.4 Å². The van der Waals surface area contributed by atoms with E-state index in [9.17, 15) is 9.59 Å². The van der Waals surface area contributed by atoms with Gasteiger partial charge in [-0.1, -0.05) is 57.8 Å². The van der Waals surface area contributed by atoms with Gasteiger partial charge in [0.1, 0.15) is 0 Å². The number of nitrogens with zero attached hydrogens (tertiary/aromatic N) is 2. The van der Waals surface area contributed by atoms with Gasteiger partial charge in [0.25, 0.3) is 0 Å². The molecule has 2 aromatic carbocycles. The first kappa shape index (κ1) is 19.6. The predicted molar refractivity (Wildman–Crippen MR) is 119 cm³/mol. The van der Waals surface area contributed by atoms with Gasteiger partial charge in [-0.05, 0) is 48.2 Å². The number of carbonyl (C=O) groups is 2. The van der Waals surface area contributed by atoms with Crippen LogP contribution in [0.2, 0.25) is 0 Å². The molecule has 0 aliphatic carbocycles. The van der Waals surface area contributed by atoms with Crippen LogP contribution >= 0.6 is 31.9 Å². The Morgan fingerprint density at radius 3 is 1.50 bits per heavy atom. The van der Waals surface area contributed by atoms with Gasteiger partial charge >= 0.3 is 0 Å². The summed E-state index contributed by atoms with van der Waals surface area (Å²) in [6, 6.07) is 11.9. The molecule has 0 saturated heterocycles. The fourth-order valence-electron chi connectivity index (χ4n) is 4.42. The minimum atomic E-state index is -0.469. The summed E-state index contributed by atoms with van der Waals surface area (Å²) in [6.07, 6.45) is 1.74. The molecule has 6 heteroatoms. The molecular formula is C22H22Br2N2O2. The highest BCUT2D eigenvalue weighted by Gasteiger charge is 2.50. The number of hydrogen-bond donors (Lipinski definition) is 0. The number of halogens is 2. The number of benzene rings is 2. The second-order valence-corrected chi connectivity index (χ2v) is 9.17. The normalized spacial score (nSPS) is 20.7. The Morgan fingerprint density at radius 1 is 0.750 bits per heavy atom. The van der Waals surface area contributed by atoms with Gasteiger partial charge in [-0.15, -0.1) is 0 Å². The molecule has 0 N–H and O–H groups in total. The van der Waals surface area contributed by atoms with Crippen LogP contribution in [0.5, 0.6) is 0 Å². The lowest BCUT2D eigenvalue weighted by Gasteiger charge is -2.21. The average molecular weight is 506 g/mol. The average Bonchev–Trinajstić information content (AvgIpc) is 3.07. The van der Waals surface area contributed by atoms with Gasteiger partial charge in [-0.25, -0.2) is 0 Å². The second-order valence-electron chi connectivity index (χ2n) is 7.34. The maximum Gasteiger partial charge on any atom is 0.235 e. The molecule has 2 amide bonds. The van der Waals surface area contributed by atoms with E-state index in [2.05, 4.69) is 45.7 Å². The minimum Gasteiger partial charge on any atom is -0.312 e. The fourth-order valence-corrected chi connectivity index (χ4v) is 5.12. The predicted octanol–water partition coefficient (Wildman–Crippen LogP) is 5.59. The molecule has 2 unspecified atom stereocenters. The number of amides is 2. The van der Waals surface area contributed by atoms with E-state index in [1.54, 1.807) is 0 Å². The standard InChI is InChI=1S/C22H22Br2N2O2/c1-3-9-25-17-11-13(23)5-7-15(17)19(21(25)27)20-16-8-6-14(24)12-18(16)26(10-4-2)22(20)28/h5-8,11-12,19-20H,3-4,9-10H2,1-2H3. The third kappa shape index (κ3) is 3.01. The van der Waals surface area contributed by atoms with Crippen molar-refractivity contribution >= 4 is 55.0 Å². The highest BCUT2D eigenvalue weighted by Crippen LogP contribution is 2.51. The van der Waals surface area contributed by atoms with Crippen molar-refractivity contribution in [2.24, 2.45) is 0 Å². The Kier molecular flexibility index (Phi) is 5.36. The van der Waals surface area contributed by atoms with Crippen LogP contribution in [0.3, 0.4) is 0 Å². The minimum absolute atomic E-state index is 0.0283. The molecule has 0 fully saturated rings. The molecule has 0 saturated carbocycles. The van der Waals surface area contributed by atoms with E-state index in [0.29, 0.717) is 13.1 Å². The quantitative estimate of drug-likeness (QED) is 0.531. The molecule has 0 spiro atoms. The Balaban J connectivity index is 1.85. The molecule has 0 bridgehead atoms. The van der Waals surface area contributed by atoms with E-state index in [1.807, 2.05) is 46.2 Å². The lowest BCUT2D eigenvalue weighted by Crippen LogP contribution is -2.36. The SMILES string of the molecule is CCCN1C(=O)C(C2C(=O)N(CCC)c3cc(Br)ccc32)c2ccc(Br)cc21. The summed E-state index contributed by atoms with van der Waals surface area (Å²) in [5.74, 6) is -0.881. The van der Waals surface area contributed by atoms with Crippen molar-refractivity contribution in [3.8, 4) is 0 Å². The lowest BCUT2D eigenvalue weighted by molar-refractivity contribution is -0.125. The summed E-state index contributed by atoms with van der Waals surface area (Å²) in [6.45, 7) is 5.45. The van der Waals surface area contributed by atoms with Gasteiger partial charge in [0.15, 0.2) is 0 Å². The van der Waals surface area contributed by atoms with Crippen molar-refractivity contribution in [3.05, 3.63) is 56.5 Å². The number of carbonyl (C=O) groups excluding carboxylic acids is 2. The molecule has 28 heavy (non-hydrogen) atoms. The van der Waals surface area contributed by atoms with Crippen molar-refractivity contribution in [2.45, 2.75) is 38.5 Å². The van der Waals surface area contributed by atoms with Crippen molar-refractivity contribution in [1.29, 1.82) is 0 Å². The molecular weight excluding hydrogens is 484 g/mol. The zero-order chi connectivity index (χ0) is 20.0. The van der Waals surface area contributed by atoms with Gasteiger partial charge in [0, 0.05) is 33.4 Å². The van der Waals surface area contributed by atoms with Crippen LogP contribution in [0.25, 0.3) is 0 Å². The summed E-state index contributed by atoms with van der Waals surface area (Å²) in [4.78, 5) is 30.6. The zero-order valence-corrected chi connectivity index (χ0v) is 19.1. The topological polar surface area (TPSA) is 40.6 Å². The Labute approximate surface area is 182 Å². The van der Waals surface area contributed by atoms with Gasteiger partial charge in [-0.3, -0.25) is 9.59 Å². The molecule has 2 atom stereocenters. The molecule has 4 rings (SSSR count). The summed E-state index contributed by atoms with van der Waals surface area (Å²) >= 11 is 7.05. The van der Waals surface area contributed by atoms with Crippen molar-refractivity contribution in [1.82, 2.24) is 0 Å². The van der Waals surface area contributed by atoms with Crippen molar-refractivity contribution in [3.63, 3.8) is 0 Å². The first-order valence-corrected chi connectivity index (χ1v) is 11.3. The summed E-state index contributed by atoms with van der Waals surface area (Å²) in [7, 11) is 0. The molecule has 146 valence electrons. The fraction of sp³-hybridized carbons (Fsp3) is 0.364. The third-order valence-electron chi connectivity index (χ3n) is 5.53. The van der Waals surface area contributed by atoms with Gasteiger partial charge in [0.05, 0.1) is 11.8 Å². The Bertz CT molecular complexity index is 882. The molecule has 0 radical (unpaired) electrons. The third-order valence-corrected chi connectivity index (χ3v) is 6.52. The van der Waals surface area contributed by atoms with Crippen LogP contribution in [0, 0.1) is 0 Å². The van der Waals surface area contributed by atoms with E-state index in [0.717, 1.165) is 44.3 Å². The first-order chi connectivity index (χ1) is 13.5. The molecule has 2 aliphatic rings. The maximum absolute atomic E-state index is 13.5. The van der Waals surface area contributed by atoms with Crippen molar-refractivity contribution in [2.75, 3.05) is 22.9 Å². The monoisotopic (exact) mass is 504 g/mol. The van der Waals surface area contributed by atoms with E-state index < -0.39 is 11.8 Å². The van der Waals surface area contributed by atoms with Crippen LogP contribution < -0.4 is 9.80 Å². The van der Waals surface area contributed by atoms with Crippen LogP contribution in [0.1, 0.15) is 49.7 Å². The van der Waals surface area contributed by atoms with E-state index in [4.69, 9.17) is 0 Å². The highest BCUT2D eigenvalue weighted by molar-refractivity contribution is 9.10. The number of rotatable bonds is 5. The van der Waals surface area contributed by atoms with Crippen LogP contribution in [-0.4, -0.2) is 24.9 Å². The second kappa shape index (κ2) is 7.64. The summed E-state index contributed by atoms with van der Waals surface area (Å²) < 4.78 is 1.88. The highest BCUT2D eigenvalue weighted by atomic mass is 79.9. The molecule has 0 aromatic heterocycles. The Hall–Kier alpha value is -1.66. The largest absolute Gasteiger partial charge is 0.312 e.